The van der Waals surface area contributed by atoms with Crippen LogP contribution in [0.15, 0.2) is 78.9 Å². The van der Waals surface area contributed by atoms with E-state index in [1.54, 1.807) is 66.8 Å². The molecule has 4 aromatic carbocycles. The molecule has 0 aliphatic carbocycles. The number of nitrogens with one attached hydrogen (secondary N) is 2. The van der Waals surface area contributed by atoms with E-state index in [2.05, 4.69) is 5.32 Å². The SMILES string of the molecule is Cc1cccc(C(c2ccccc2)[C@H](NC(=O)c2ccccc2C=O)C(=O)Nc2c(F)c(F)c(C(F)(F)F)c(F)c2F)c1. The van der Waals surface area contributed by atoms with Gasteiger partial charge in [0.1, 0.15) is 17.3 Å². The Bertz CT molecular complexity index is 1660. The van der Waals surface area contributed by atoms with Gasteiger partial charge < -0.3 is 10.6 Å². The van der Waals surface area contributed by atoms with Crippen LogP contribution >= 0.6 is 0 Å². The molecular weight excluding hydrogens is 581 g/mol. The topological polar surface area (TPSA) is 75.3 Å². The van der Waals surface area contributed by atoms with Crippen molar-refractivity contribution in [3.63, 3.8) is 0 Å². The molecule has 4 rings (SSSR count). The molecular formula is C31H21F7N2O3. The highest BCUT2D eigenvalue weighted by Crippen LogP contribution is 2.39. The molecule has 0 bridgehead atoms. The van der Waals surface area contributed by atoms with Gasteiger partial charge in [0.25, 0.3) is 5.91 Å². The van der Waals surface area contributed by atoms with E-state index in [9.17, 15) is 45.1 Å². The first-order chi connectivity index (χ1) is 20.3. The smallest absolute Gasteiger partial charge is 0.339 e. The zero-order valence-corrected chi connectivity index (χ0v) is 22.1. The van der Waals surface area contributed by atoms with Crippen molar-refractivity contribution < 1.29 is 45.1 Å². The number of rotatable bonds is 8. The number of halogens is 7. The second kappa shape index (κ2) is 12.5. The average molecular weight is 603 g/mol. The zero-order valence-electron chi connectivity index (χ0n) is 22.1. The van der Waals surface area contributed by atoms with Crippen molar-refractivity contribution >= 4 is 23.8 Å². The Hall–Kier alpha value is -5.00. The van der Waals surface area contributed by atoms with Crippen molar-refractivity contribution in [2.75, 3.05) is 5.32 Å². The second-order valence-electron chi connectivity index (χ2n) is 9.45. The Morgan fingerprint density at radius 1 is 0.767 bits per heavy atom. The molecule has 0 saturated heterocycles. The molecule has 0 aliphatic heterocycles. The first-order valence-corrected chi connectivity index (χ1v) is 12.6. The highest BCUT2D eigenvalue weighted by Gasteiger charge is 2.43. The van der Waals surface area contributed by atoms with Gasteiger partial charge in [0.05, 0.1) is 0 Å². The lowest BCUT2D eigenvalue weighted by molar-refractivity contribution is -0.143. The summed E-state index contributed by atoms with van der Waals surface area (Å²) in [5.74, 6) is -14.0. The lowest BCUT2D eigenvalue weighted by atomic mass is 9.83. The van der Waals surface area contributed by atoms with Crippen LogP contribution in [0, 0.1) is 30.2 Å². The summed E-state index contributed by atoms with van der Waals surface area (Å²) in [5, 5.41) is 4.06. The number of aldehydes is 1. The van der Waals surface area contributed by atoms with Crippen LogP contribution in [-0.2, 0) is 11.0 Å². The number of amides is 2. The van der Waals surface area contributed by atoms with Crippen molar-refractivity contribution in [3.05, 3.63) is 136 Å². The second-order valence-corrected chi connectivity index (χ2v) is 9.45. The van der Waals surface area contributed by atoms with Gasteiger partial charge >= 0.3 is 6.18 Å². The summed E-state index contributed by atoms with van der Waals surface area (Å²) in [7, 11) is 0. The molecule has 43 heavy (non-hydrogen) atoms. The summed E-state index contributed by atoms with van der Waals surface area (Å²) >= 11 is 0. The van der Waals surface area contributed by atoms with Crippen molar-refractivity contribution in [2.24, 2.45) is 0 Å². The maximum absolute atomic E-state index is 14.8. The van der Waals surface area contributed by atoms with E-state index < -0.39 is 64.5 Å². The summed E-state index contributed by atoms with van der Waals surface area (Å²) < 4.78 is 97.5. The normalized spacial score (nSPS) is 12.7. The Morgan fingerprint density at radius 2 is 1.35 bits per heavy atom. The van der Waals surface area contributed by atoms with Crippen LogP contribution in [-0.4, -0.2) is 24.1 Å². The first-order valence-electron chi connectivity index (χ1n) is 12.6. The number of hydrogen-bond acceptors (Lipinski definition) is 3. The number of carbonyl (C=O) groups excluding carboxylic acids is 3. The van der Waals surface area contributed by atoms with E-state index in [4.69, 9.17) is 0 Å². The number of carbonyl (C=O) groups is 3. The van der Waals surface area contributed by atoms with Gasteiger partial charge in [0, 0.05) is 17.0 Å². The van der Waals surface area contributed by atoms with Crippen LogP contribution in [0.3, 0.4) is 0 Å². The van der Waals surface area contributed by atoms with E-state index in [1.165, 1.54) is 24.3 Å². The molecule has 0 saturated carbocycles. The highest BCUT2D eigenvalue weighted by molar-refractivity contribution is 6.05. The summed E-state index contributed by atoms with van der Waals surface area (Å²) in [6.45, 7) is 1.73. The van der Waals surface area contributed by atoms with Crippen LogP contribution < -0.4 is 10.6 Å². The lowest BCUT2D eigenvalue weighted by Gasteiger charge is -2.29. The van der Waals surface area contributed by atoms with Gasteiger partial charge in [-0.15, -0.1) is 0 Å². The summed E-state index contributed by atoms with van der Waals surface area (Å²) in [5.41, 5.74) is -3.32. The molecule has 0 spiro atoms. The van der Waals surface area contributed by atoms with Crippen molar-refractivity contribution in [1.82, 2.24) is 5.32 Å². The summed E-state index contributed by atoms with van der Waals surface area (Å²) in [6.07, 6.45) is -5.40. The van der Waals surface area contributed by atoms with Gasteiger partial charge in [-0.05, 0) is 24.1 Å². The third-order valence-electron chi connectivity index (χ3n) is 6.59. The van der Waals surface area contributed by atoms with Gasteiger partial charge in [-0.1, -0.05) is 78.4 Å². The highest BCUT2D eigenvalue weighted by atomic mass is 19.4. The Morgan fingerprint density at radius 3 is 1.93 bits per heavy atom. The van der Waals surface area contributed by atoms with Crippen molar-refractivity contribution in [2.45, 2.75) is 25.1 Å². The molecule has 0 aromatic heterocycles. The predicted molar refractivity (Wildman–Crippen MR) is 142 cm³/mol. The van der Waals surface area contributed by atoms with E-state index in [1.807, 2.05) is 0 Å². The van der Waals surface area contributed by atoms with Crippen LogP contribution in [0.1, 0.15) is 48.9 Å². The Kier molecular flexibility index (Phi) is 8.98. The van der Waals surface area contributed by atoms with E-state index >= 15 is 0 Å². The van der Waals surface area contributed by atoms with Crippen LogP contribution in [0.25, 0.3) is 0 Å². The number of hydrogen-bond donors (Lipinski definition) is 2. The van der Waals surface area contributed by atoms with Crippen LogP contribution in [0.5, 0.6) is 0 Å². The van der Waals surface area contributed by atoms with Crippen LogP contribution in [0.2, 0.25) is 0 Å². The molecule has 4 aromatic rings. The monoisotopic (exact) mass is 602 g/mol. The van der Waals surface area contributed by atoms with Gasteiger partial charge in [0.15, 0.2) is 29.6 Å². The maximum atomic E-state index is 14.8. The van der Waals surface area contributed by atoms with Gasteiger partial charge in [-0.3, -0.25) is 14.4 Å². The predicted octanol–water partition coefficient (Wildman–Crippen LogP) is 6.95. The fourth-order valence-corrected chi connectivity index (χ4v) is 4.62. The van der Waals surface area contributed by atoms with Crippen molar-refractivity contribution in [3.8, 4) is 0 Å². The minimum Gasteiger partial charge on any atom is -0.339 e. The molecule has 0 aliphatic rings. The fourth-order valence-electron chi connectivity index (χ4n) is 4.62. The summed E-state index contributed by atoms with van der Waals surface area (Å²) in [6, 6.07) is 18.4. The molecule has 0 radical (unpaired) electrons. The number of aryl methyl sites for hydroxylation is 1. The molecule has 222 valence electrons. The number of anilines is 1. The first kappa shape index (κ1) is 30.9. The molecule has 12 heteroatoms. The van der Waals surface area contributed by atoms with E-state index in [0.717, 1.165) is 5.56 Å². The third kappa shape index (κ3) is 6.42. The Balaban J connectivity index is 1.88. The number of alkyl halides is 3. The average Bonchev–Trinajstić information content (AvgIpc) is 2.97. The molecule has 0 heterocycles. The molecule has 1 unspecified atom stereocenters. The quantitative estimate of drug-likeness (QED) is 0.130. The van der Waals surface area contributed by atoms with Gasteiger partial charge in [0.2, 0.25) is 5.91 Å². The zero-order chi connectivity index (χ0) is 31.5. The van der Waals surface area contributed by atoms with Crippen LogP contribution in [0.4, 0.5) is 36.4 Å². The standard InChI is InChI=1S/C31H21F7N2O3/c1-16-8-7-12-18(14-16)21(17-9-3-2-4-10-17)27(39-29(42)20-13-6-5-11-19(20)15-41)30(43)40-28-25(34)23(32)22(31(36,37)38)24(33)26(28)35/h2-15,21,27H,1H3,(H,39,42)(H,40,43)/t21?,27-/m0/s1. The Labute approximate surface area is 240 Å². The molecule has 0 fully saturated rings. The minimum atomic E-state index is -5.79. The van der Waals surface area contributed by atoms with Gasteiger partial charge in [-0.2, -0.15) is 13.2 Å². The van der Waals surface area contributed by atoms with Crippen molar-refractivity contribution in [1.29, 1.82) is 0 Å². The minimum absolute atomic E-state index is 0.0602. The largest absolute Gasteiger partial charge is 0.422 e. The molecule has 2 N–H and O–H groups in total. The molecule has 2 atom stereocenters. The third-order valence-corrected chi connectivity index (χ3v) is 6.59. The van der Waals surface area contributed by atoms with E-state index in [-0.39, 0.29) is 11.1 Å². The maximum Gasteiger partial charge on any atom is 0.422 e. The summed E-state index contributed by atoms with van der Waals surface area (Å²) in [4.78, 5) is 38.6. The van der Waals surface area contributed by atoms with Gasteiger partial charge in [-0.25, -0.2) is 17.6 Å². The fraction of sp³-hybridized carbons (Fsp3) is 0.129. The molecule has 5 nitrogen and oxygen atoms in total. The van der Waals surface area contributed by atoms with E-state index in [0.29, 0.717) is 17.4 Å². The lowest BCUT2D eigenvalue weighted by Crippen LogP contribution is -2.48. The number of benzene rings is 4. The molecule has 2 amide bonds.